The van der Waals surface area contributed by atoms with E-state index >= 15 is 0 Å². The number of thiophene rings is 1. The van der Waals surface area contributed by atoms with Crippen LogP contribution in [0.5, 0.6) is 0 Å². The van der Waals surface area contributed by atoms with Crippen molar-refractivity contribution in [2.24, 2.45) is 0 Å². The standard InChI is InChI=1S/C10H6N2S/c11-5-8-4-9(7-12-6-8)10-2-1-3-13-10/h1-4,6-7H. The van der Waals surface area contributed by atoms with E-state index in [1.54, 1.807) is 23.7 Å². The Morgan fingerprint density at radius 2 is 2.31 bits per heavy atom. The van der Waals surface area contributed by atoms with Gasteiger partial charge in [0, 0.05) is 22.8 Å². The van der Waals surface area contributed by atoms with Crippen LogP contribution in [0.2, 0.25) is 0 Å². The van der Waals surface area contributed by atoms with E-state index < -0.39 is 0 Å². The molecule has 0 aromatic carbocycles. The number of nitriles is 1. The largest absolute Gasteiger partial charge is 0.263 e. The molecular weight excluding hydrogens is 180 g/mol. The zero-order chi connectivity index (χ0) is 9.10. The predicted octanol–water partition coefficient (Wildman–Crippen LogP) is 2.68. The van der Waals surface area contributed by atoms with Crippen LogP contribution in [0.1, 0.15) is 5.56 Å². The van der Waals surface area contributed by atoms with Gasteiger partial charge >= 0.3 is 0 Å². The van der Waals surface area contributed by atoms with E-state index in [1.165, 1.54) is 0 Å². The van der Waals surface area contributed by atoms with Crippen molar-refractivity contribution in [3.8, 4) is 16.5 Å². The topological polar surface area (TPSA) is 36.7 Å². The van der Waals surface area contributed by atoms with Crippen LogP contribution in [-0.2, 0) is 0 Å². The number of rotatable bonds is 1. The van der Waals surface area contributed by atoms with E-state index in [9.17, 15) is 0 Å². The molecular formula is C10H6N2S. The Morgan fingerprint density at radius 3 is 3.00 bits per heavy atom. The third-order valence-electron chi connectivity index (χ3n) is 1.67. The highest BCUT2D eigenvalue weighted by Gasteiger charge is 1.99. The fraction of sp³-hybridized carbons (Fsp3) is 0. The van der Waals surface area contributed by atoms with Crippen LogP contribution in [0, 0.1) is 11.3 Å². The third-order valence-corrected chi connectivity index (χ3v) is 2.59. The molecule has 0 fully saturated rings. The molecule has 0 saturated carbocycles. The van der Waals surface area contributed by atoms with Crippen molar-refractivity contribution < 1.29 is 0 Å². The van der Waals surface area contributed by atoms with E-state index in [-0.39, 0.29) is 0 Å². The molecule has 0 radical (unpaired) electrons. The first-order valence-electron chi connectivity index (χ1n) is 3.79. The van der Waals surface area contributed by atoms with Gasteiger partial charge < -0.3 is 0 Å². The molecule has 0 N–H and O–H groups in total. The summed E-state index contributed by atoms with van der Waals surface area (Å²) in [5.74, 6) is 0. The van der Waals surface area contributed by atoms with Gasteiger partial charge in [-0.2, -0.15) is 5.26 Å². The summed E-state index contributed by atoms with van der Waals surface area (Å²) in [5.41, 5.74) is 1.61. The molecule has 0 aliphatic rings. The lowest BCUT2D eigenvalue weighted by molar-refractivity contribution is 1.31. The average Bonchev–Trinajstić information content (AvgIpc) is 2.71. The maximum atomic E-state index is 8.67. The van der Waals surface area contributed by atoms with Gasteiger partial charge in [-0.05, 0) is 17.5 Å². The highest BCUT2D eigenvalue weighted by Crippen LogP contribution is 2.23. The summed E-state index contributed by atoms with van der Waals surface area (Å²) in [5, 5.41) is 10.7. The van der Waals surface area contributed by atoms with Crippen molar-refractivity contribution >= 4 is 11.3 Å². The van der Waals surface area contributed by atoms with Crippen molar-refractivity contribution in [3.05, 3.63) is 41.5 Å². The van der Waals surface area contributed by atoms with Gasteiger partial charge in [-0.25, -0.2) is 0 Å². The Bertz CT molecular complexity index is 440. The molecule has 0 atom stereocenters. The summed E-state index contributed by atoms with van der Waals surface area (Å²) in [6, 6.07) is 7.92. The number of nitrogens with zero attached hydrogens (tertiary/aromatic N) is 2. The van der Waals surface area contributed by atoms with E-state index in [1.807, 2.05) is 23.6 Å². The Hall–Kier alpha value is -1.66. The van der Waals surface area contributed by atoms with Gasteiger partial charge in [-0.1, -0.05) is 6.07 Å². The monoisotopic (exact) mass is 186 g/mol. The quantitative estimate of drug-likeness (QED) is 0.686. The van der Waals surface area contributed by atoms with Crippen molar-refractivity contribution in [1.29, 1.82) is 5.26 Å². The molecule has 2 rings (SSSR count). The van der Waals surface area contributed by atoms with Gasteiger partial charge in [0.2, 0.25) is 0 Å². The molecule has 0 bridgehead atoms. The molecule has 0 aliphatic carbocycles. The summed E-state index contributed by atoms with van der Waals surface area (Å²) < 4.78 is 0. The van der Waals surface area contributed by atoms with Gasteiger partial charge in [-0.15, -0.1) is 11.3 Å². The molecule has 3 heteroatoms. The first-order chi connectivity index (χ1) is 6.40. The first kappa shape index (κ1) is 7.96. The number of hydrogen-bond acceptors (Lipinski definition) is 3. The van der Waals surface area contributed by atoms with E-state index in [0.29, 0.717) is 5.56 Å². The van der Waals surface area contributed by atoms with Gasteiger partial charge in [0.1, 0.15) is 6.07 Å². The van der Waals surface area contributed by atoms with Crippen LogP contribution >= 0.6 is 11.3 Å². The zero-order valence-electron chi connectivity index (χ0n) is 6.77. The Labute approximate surface area is 80.1 Å². The minimum atomic E-state index is 0.603. The molecule has 2 aromatic rings. The van der Waals surface area contributed by atoms with Crippen LogP contribution < -0.4 is 0 Å². The van der Waals surface area contributed by atoms with Crippen LogP contribution in [0.4, 0.5) is 0 Å². The number of hydrogen-bond donors (Lipinski definition) is 0. The second-order valence-corrected chi connectivity index (χ2v) is 3.50. The third kappa shape index (κ3) is 1.58. The Balaban J connectivity index is 2.49. The molecule has 2 nitrogen and oxygen atoms in total. The number of pyridine rings is 1. The SMILES string of the molecule is N#Cc1cncc(-c2cccs2)c1. The minimum absolute atomic E-state index is 0.603. The molecule has 13 heavy (non-hydrogen) atoms. The Kier molecular flexibility index (Phi) is 2.07. The van der Waals surface area contributed by atoms with Crippen LogP contribution in [0.3, 0.4) is 0 Å². The maximum Gasteiger partial charge on any atom is 0.101 e. The van der Waals surface area contributed by atoms with Crippen molar-refractivity contribution in [1.82, 2.24) is 4.98 Å². The second-order valence-electron chi connectivity index (χ2n) is 2.55. The van der Waals surface area contributed by atoms with Crippen LogP contribution in [-0.4, -0.2) is 4.98 Å². The Morgan fingerprint density at radius 1 is 1.38 bits per heavy atom. The fourth-order valence-corrected chi connectivity index (χ4v) is 1.79. The van der Waals surface area contributed by atoms with E-state index in [0.717, 1.165) is 10.4 Å². The summed E-state index contributed by atoms with van der Waals surface area (Å²) in [7, 11) is 0. The summed E-state index contributed by atoms with van der Waals surface area (Å²) >= 11 is 1.65. The normalized spacial score (nSPS) is 9.46. The molecule has 62 valence electrons. The molecule has 2 heterocycles. The van der Waals surface area contributed by atoms with E-state index in [2.05, 4.69) is 11.1 Å². The van der Waals surface area contributed by atoms with Crippen molar-refractivity contribution in [2.45, 2.75) is 0 Å². The number of aromatic nitrogens is 1. The van der Waals surface area contributed by atoms with Gasteiger partial charge in [-0.3, -0.25) is 4.98 Å². The molecule has 0 aliphatic heterocycles. The maximum absolute atomic E-state index is 8.67. The lowest BCUT2D eigenvalue weighted by atomic mass is 10.2. The smallest absolute Gasteiger partial charge is 0.101 e. The van der Waals surface area contributed by atoms with Gasteiger partial charge in [0.25, 0.3) is 0 Å². The van der Waals surface area contributed by atoms with Crippen LogP contribution in [0.15, 0.2) is 36.0 Å². The summed E-state index contributed by atoms with van der Waals surface area (Å²) in [6.45, 7) is 0. The van der Waals surface area contributed by atoms with Crippen molar-refractivity contribution in [3.63, 3.8) is 0 Å². The molecule has 0 unspecified atom stereocenters. The summed E-state index contributed by atoms with van der Waals surface area (Å²) in [4.78, 5) is 5.14. The first-order valence-corrected chi connectivity index (χ1v) is 4.67. The molecule has 2 aromatic heterocycles. The summed E-state index contributed by atoms with van der Waals surface area (Å²) in [6.07, 6.45) is 3.34. The van der Waals surface area contributed by atoms with Crippen LogP contribution in [0.25, 0.3) is 10.4 Å². The highest BCUT2D eigenvalue weighted by molar-refractivity contribution is 7.13. The predicted molar refractivity (Wildman–Crippen MR) is 52.3 cm³/mol. The van der Waals surface area contributed by atoms with Crippen molar-refractivity contribution in [2.75, 3.05) is 0 Å². The average molecular weight is 186 g/mol. The lowest BCUT2D eigenvalue weighted by Crippen LogP contribution is -1.79. The van der Waals surface area contributed by atoms with Gasteiger partial charge in [0.05, 0.1) is 5.56 Å². The van der Waals surface area contributed by atoms with E-state index in [4.69, 9.17) is 5.26 Å². The molecule has 0 saturated heterocycles. The van der Waals surface area contributed by atoms with Gasteiger partial charge in [0.15, 0.2) is 0 Å². The highest BCUT2D eigenvalue weighted by atomic mass is 32.1. The minimum Gasteiger partial charge on any atom is -0.263 e. The molecule has 0 amide bonds. The lowest BCUT2D eigenvalue weighted by Gasteiger charge is -1.95. The fourth-order valence-electron chi connectivity index (χ4n) is 1.08. The second kappa shape index (κ2) is 3.38. The molecule has 0 spiro atoms. The zero-order valence-corrected chi connectivity index (χ0v) is 7.58.